The third-order valence-electron chi connectivity index (χ3n) is 8.49. The van der Waals surface area contributed by atoms with Crippen molar-refractivity contribution in [3.8, 4) is 0 Å². The van der Waals surface area contributed by atoms with E-state index in [0.29, 0.717) is 18.9 Å². The Kier molecular flexibility index (Phi) is 5.96. The fourth-order valence-electron chi connectivity index (χ4n) is 6.70. The van der Waals surface area contributed by atoms with Crippen LogP contribution in [0.5, 0.6) is 0 Å². The van der Waals surface area contributed by atoms with Gasteiger partial charge in [0.25, 0.3) is 5.91 Å². The number of aliphatic hydroxyl groups is 1. The van der Waals surface area contributed by atoms with E-state index in [2.05, 4.69) is 12.2 Å². The first-order chi connectivity index (χ1) is 16.3. The van der Waals surface area contributed by atoms with Crippen molar-refractivity contribution in [2.75, 3.05) is 13.6 Å². The van der Waals surface area contributed by atoms with Gasteiger partial charge in [0.15, 0.2) is 11.5 Å². The Morgan fingerprint density at radius 2 is 1.85 bits per heavy atom. The van der Waals surface area contributed by atoms with Gasteiger partial charge in [-0.05, 0) is 48.7 Å². The Hall–Kier alpha value is -2.73. The largest absolute Gasteiger partial charge is 0.366 e. The quantitative estimate of drug-likeness (QED) is 0.538. The molecule has 5 rings (SSSR count). The van der Waals surface area contributed by atoms with Crippen LogP contribution in [0.2, 0.25) is 0 Å². The Morgan fingerprint density at radius 1 is 1.12 bits per heavy atom. The van der Waals surface area contributed by atoms with Crippen LogP contribution in [0.1, 0.15) is 44.6 Å². The molecule has 2 aliphatic carbocycles. The molecule has 1 unspecified atom stereocenters. The number of benzene rings is 1. The molecule has 6 heteroatoms. The number of nitrogens with zero attached hydrogens (tertiary/aromatic N) is 2. The second kappa shape index (κ2) is 8.81. The third-order valence-corrected chi connectivity index (χ3v) is 8.49. The van der Waals surface area contributed by atoms with Crippen molar-refractivity contribution in [2.24, 2.45) is 29.6 Å². The number of fused-ring (bicyclic) bond motifs is 2. The van der Waals surface area contributed by atoms with Crippen molar-refractivity contribution in [2.45, 2.75) is 51.3 Å². The van der Waals surface area contributed by atoms with Crippen LogP contribution in [0.25, 0.3) is 0 Å². The summed E-state index contributed by atoms with van der Waals surface area (Å²) in [5.74, 6) is -1.14. The summed E-state index contributed by atoms with van der Waals surface area (Å²) in [6.45, 7) is 2.74. The predicted octanol–water partition coefficient (Wildman–Crippen LogP) is 3.32. The summed E-state index contributed by atoms with van der Waals surface area (Å²) in [6.07, 6.45) is 10.5. The van der Waals surface area contributed by atoms with Crippen LogP contribution in [0.4, 0.5) is 0 Å². The van der Waals surface area contributed by atoms with Gasteiger partial charge >= 0.3 is 0 Å². The van der Waals surface area contributed by atoms with E-state index in [0.717, 1.165) is 24.8 Å². The van der Waals surface area contributed by atoms with Crippen LogP contribution in [-0.4, -0.2) is 51.8 Å². The van der Waals surface area contributed by atoms with Crippen LogP contribution in [-0.2, 0) is 20.9 Å². The molecule has 6 nitrogen and oxygen atoms in total. The van der Waals surface area contributed by atoms with E-state index in [4.69, 9.17) is 0 Å². The molecular formula is C28H34N2O4. The van der Waals surface area contributed by atoms with Crippen molar-refractivity contribution in [3.63, 3.8) is 0 Å². The van der Waals surface area contributed by atoms with Crippen LogP contribution < -0.4 is 0 Å². The first kappa shape index (κ1) is 23.0. The maximum atomic E-state index is 13.7. The molecule has 0 radical (unpaired) electrons. The maximum absolute atomic E-state index is 13.7. The molecule has 1 aromatic carbocycles. The molecule has 34 heavy (non-hydrogen) atoms. The van der Waals surface area contributed by atoms with Crippen molar-refractivity contribution in [1.82, 2.24) is 9.80 Å². The number of amides is 2. The average molecular weight is 463 g/mol. The minimum atomic E-state index is -1.73. The summed E-state index contributed by atoms with van der Waals surface area (Å²) >= 11 is 0. The molecule has 1 aromatic rings. The molecule has 2 aliphatic heterocycles. The van der Waals surface area contributed by atoms with Gasteiger partial charge in [-0.3, -0.25) is 14.4 Å². The lowest BCUT2D eigenvalue weighted by Gasteiger charge is -2.40. The van der Waals surface area contributed by atoms with Gasteiger partial charge in [0.1, 0.15) is 0 Å². The molecule has 2 heterocycles. The van der Waals surface area contributed by atoms with Gasteiger partial charge in [-0.25, -0.2) is 0 Å². The summed E-state index contributed by atoms with van der Waals surface area (Å²) in [4.78, 5) is 43.3. The molecule has 1 saturated carbocycles. The predicted molar refractivity (Wildman–Crippen MR) is 128 cm³/mol. The Bertz CT molecular complexity index is 1050. The van der Waals surface area contributed by atoms with Crippen molar-refractivity contribution < 1.29 is 19.5 Å². The SMILES string of the molecule is C[C@H]1C=C[C@H]2CCCC[C@@H]2C1C(=O)C1=C[C@]2(O)[C@H](C(=O)N(C)Cc3ccccc3)CCN2C1=O. The lowest BCUT2D eigenvalue weighted by molar-refractivity contribution is -0.151. The Balaban J connectivity index is 1.38. The average Bonchev–Trinajstić information content (AvgIpc) is 3.30. The first-order valence-electron chi connectivity index (χ1n) is 12.6. The van der Waals surface area contributed by atoms with Crippen molar-refractivity contribution >= 4 is 17.6 Å². The van der Waals surface area contributed by atoms with E-state index in [9.17, 15) is 19.5 Å². The van der Waals surface area contributed by atoms with Gasteiger partial charge in [0.05, 0.1) is 11.5 Å². The van der Waals surface area contributed by atoms with Gasteiger partial charge in [0, 0.05) is 26.1 Å². The highest BCUT2D eigenvalue weighted by atomic mass is 16.3. The minimum Gasteiger partial charge on any atom is -0.366 e. The number of allylic oxidation sites excluding steroid dienone is 2. The van der Waals surface area contributed by atoms with E-state index < -0.39 is 17.6 Å². The molecule has 1 saturated heterocycles. The second-order valence-electron chi connectivity index (χ2n) is 10.6. The van der Waals surface area contributed by atoms with Crippen LogP contribution in [0, 0.1) is 29.6 Å². The molecule has 2 fully saturated rings. The first-order valence-corrected chi connectivity index (χ1v) is 12.6. The molecule has 1 N–H and O–H groups in total. The Morgan fingerprint density at radius 3 is 2.62 bits per heavy atom. The zero-order chi connectivity index (χ0) is 24.0. The molecule has 6 atom stereocenters. The Labute approximate surface area is 201 Å². The zero-order valence-electron chi connectivity index (χ0n) is 20.0. The maximum Gasteiger partial charge on any atom is 0.259 e. The van der Waals surface area contributed by atoms with E-state index in [-0.39, 0.29) is 41.6 Å². The summed E-state index contributed by atoms with van der Waals surface area (Å²) in [6, 6.07) is 9.68. The molecule has 4 aliphatic rings. The fraction of sp³-hybridized carbons (Fsp3) is 0.536. The van der Waals surface area contributed by atoms with Crippen LogP contribution in [0.15, 0.2) is 54.1 Å². The van der Waals surface area contributed by atoms with Crippen LogP contribution in [0.3, 0.4) is 0 Å². The monoisotopic (exact) mass is 462 g/mol. The summed E-state index contributed by atoms with van der Waals surface area (Å²) in [5.41, 5.74) is -0.665. The summed E-state index contributed by atoms with van der Waals surface area (Å²) in [7, 11) is 1.72. The second-order valence-corrected chi connectivity index (χ2v) is 10.6. The lowest BCUT2D eigenvalue weighted by Crippen LogP contribution is -2.50. The van der Waals surface area contributed by atoms with Crippen molar-refractivity contribution in [1.29, 1.82) is 0 Å². The number of ketones is 1. The molecule has 0 spiro atoms. The fourth-order valence-corrected chi connectivity index (χ4v) is 6.70. The number of rotatable bonds is 5. The number of Topliss-reactive ketones (excluding diaryl/α,β-unsaturated/α-hetero) is 1. The minimum absolute atomic E-state index is 0.0556. The number of hydrogen-bond acceptors (Lipinski definition) is 4. The zero-order valence-corrected chi connectivity index (χ0v) is 20.0. The highest BCUT2D eigenvalue weighted by Gasteiger charge is 2.58. The molecular weight excluding hydrogens is 428 g/mol. The van der Waals surface area contributed by atoms with Gasteiger partial charge in [0.2, 0.25) is 5.91 Å². The summed E-state index contributed by atoms with van der Waals surface area (Å²) < 4.78 is 0. The normalized spacial score (nSPS) is 34.4. The van der Waals surface area contributed by atoms with Gasteiger partial charge < -0.3 is 14.9 Å². The highest BCUT2D eigenvalue weighted by Crippen LogP contribution is 2.47. The molecule has 180 valence electrons. The molecule has 2 amide bonds. The van der Waals surface area contributed by atoms with Crippen LogP contribution >= 0.6 is 0 Å². The van der Waals surface area contributed by atoms with Gasteiger partial charge in [-0.1, -0.05) is 62.2 Å². The van der Waals surface area contributed by atoms with Crippen molar-refractivity contribution in [3.05, 3.63) is 59.7 Å². The lowest BCUT2D eigenvalue weighted by atomic mass is 9.63. The van der Waals surface area contributed by atoms with E-state index >= 15 is 0 Å². The summed E-state index contributed by atoms with van der Waals surface area (Å²) in [5, 5.41) is 11.6. The topological polar surface area (TPSA) is 77.9 Å². The number of carbonyl (C=O) groups is 3. The standard InChI is InChI=1S/C28H34N2O4/c1-18-12-13-20-10-6-7-11-21(20)24(18)25(31)22-16-28(34)23(14-15-30(28)26(22)32)27(33)29(2)17-19-8-4-3-5-9-19/h3-5,8-9,12-13,16,18,20-21,23-24,34H,6-7,10-11,14-15,17H2,1-2H3/t18-,20+,21-,23-,24?,28-/m0/s1. The number of carbonyl (C=O) groups excluding carboxylic acids is 3. The van der Waals surface area contributed by atoms with Gasteiger partial charge in [-0.15, -0.1) is 0 Å². The number of hydrogen-bond donors (Lipinski definition) is 1. The third kappa shape index (κ3) is 3.72. The van der Waals surface area contributed by atoms with E-state index in [1.807, 2.05) is 37.3 Å². The highest BCUT2D eigenvalue weighted by molar-refractivity contribution is 6.22. The molecule has 0 bridgehead atoms. The van der Waals surface area contributed by atoms with E-state index in [1.54, 1.807) is 11.9 Å². The smallest absolute Gasteiger partial charge is 0.259 e. The van der Waals surface area contributed by atoms with E-state index in [1.165, 1.54) is 17.4 Å². The molecule has 0 aromatic heterocycles. The van der Waals surface area contributed by atoms with Gasteiger partial charge in [-0.2, -0.15) is 0 Å².